The second-order valence-corrected chi connectivity index (χ2v) is 5.30. The molecule has 21 heavy (non-hydrogen) atoms. The van der Waals surface area contributed by atoms with Gasteiger partial charge in [0.1, 0.15) is 6.04 Å². The summed E-state index contributed by atoms with van der Waals surface area (Å²) in [5, 5.41) is 6.94. The lowest BCUT2D eigenvalue weighted by Crippen LogP contribution is -2.33. The monoisotopic (exact) mass is 285 g/mol. The molecular weight excluding hydrogens is 266 g/mol. The van der Waals surface area contributed by atoms with Gasteiger partial charge in [0.2, 0.25) is 5.91 Å². The Morgan fingerprint density at radius 3 is 2.38 bits per heavy atom. The van der Waals surface area contributed by atoms with Crippen LogP contribution < -0.4 is 10.9 Å². The number of rotatable bonds is 3. The van der Waals surface area contributed by atoms with Gasteiger partial charge in [0.15, 0.2) is 0 Å². The van der Waals surface area contributed by atoms with Crippen molar-refractivity contribution >= 4 is 11.6 Å². The number of carbonyl (C=O) groups excluding carboxylic acids is 1. The molecule has 0 radical (unpaired) electrons. The maximum Gasteiger partial charge on any atom is 0.267 e. The van der Waals surface area contributed by atoms with Crippen molar-refractivity contribution in [3.05, 3.63) is 57.5 Å². The minimum Gasteiger partial charge on any atom is -0.324 e. The highest BCUT2D eigenvalue weighted by molar-refractivity contribution is 5.93. The zero-order valence-corrected chi connectivity index (χ0v) is 12.7. The fraction of sp³-hybridized carbons (Fsp3) is 0.312. The number of aromatic nitrogens is 2. The Hall–Kier alpha value is -2.43. The minimum absolute atomic E-state index is 0.264. The molecule has 0 aliphatic heterocycles. The van der Waals surface area contributed by atoms with Gasteiger partial charge in [0.25, 0.3) is 5.56 Å². The second kappa shape index (κ2) is 5.91. The van der Waals surface area contributed by atoms with Crippen LogP contribution >= 0.6 is 0 Å². The van der Waals surface area contributed by atoms with Crippen molar-refractivity contribution in [1.82, 2.24) is 9.78 Å². The summed E-state index contributed by atoms with van der Waals surface area (Å²) in [7, 11) is 0. The summed E-state index contributed by atoms with van der Waals surface area (Å²) in [6.07, 6.45) is 0. The number of hydrogen-bond acceptors (Lipinski definition) is 3. The van der Waals surface area contributed by atoms with Crippen LogP contribution in [-0.4, -0.2) is 15.7 Å². The van der Waals surface area contributed by atoms with Crippen LogP contribution in [0.1, 0.15) is 29.8 Å². The summed E-state index contributed by atoms with van der Waals surface area (Å²) in [5.41, 5.74) is 3.28. The molecule has 5 heteroatoms. The molecule has 0 saturated carbocycles. The summed E-state index contributed by atoms with van der Waals surface area (Å²) in [5.74, 6) is -0.264. The van der Waals surface area contributed by atoms with Gasteiger partial charge in [-0.05, 0) is 57.0 Å². The number of amides is 1. The second-order valence-electron chi connectivity index (χ2n) is 5.30. The van der Waals surface area contributed by atoms with E-state index in [1.165, 1.54) is 10.7 Å². The van der Waals surface area contributed by atoms with Gasteiger partial charge in [0.05, 0.1) is 5.69 Å². The van der Waals surface area contributed by atoms with E-state index < -0.39 is 6.04 Å². The Bertz CT molecular complexity index is 714. The van der Waals surface area contributed by atoms with Crippen molar-refractivity contribution in [2.45, 2.75) is 33.7 Å². The molecule has 2 rings (SSSR count). The van der Waals surface area contributed by atoms with Crippen molar-refractivity contribution in [3.63, 3.8) is 0 Å². The Balaban J connectivity index is 2.23. The van der Waals surface area contributed by atoms with E-state index in [0.717, 1.165) is 16.8 Å². The van der Waals surface area contributed by atoms with Gasteiger partial charge in [-0.25, -0.2) is 4.68 Å². The van der Waals surface area contributed by atoms with Crippen LogP contribution in [0.5, 0.6) is 0 Å². The lowest BCUT2D eigenvalue weighted by molar-refractivity contribution is -0.119. The Morgan fingerprint density at radius 1 is 1.14 bits per heavy atom. The molecule has 1 aromatic carbocycles. The van der Waals surface area contributed by atoms with Gasteiger partial charge in [-0.15, -0.1) is 0 Å². The lowest BCUT2D eigenvalue weighted by Gasteiger charge is -2.15. The van der Waals surface area contributed by atoms with Gasteiger partial charge in [-0.2, -0.15) is 5.10 Å². The van der Waals surface area contributed by atoms with E-state index in [1.807, 2.05) is 32.0 Å². The van der Waals surface area contributed by atoms with E-state index >= 15 is 0 Å². The van der Waals surface area contributed by atoms with Gasteiger partial charge in [0, 0.05) is 11.8 Å². The summed E-state index contributed by atoms with van der Waals surface area (Å²) >= 11 is 0. The lowest BCUT2D eigenvalue weighted by atomic mass is 10.1. The van der Waals surface area contributed by atoms with E-state index in [1.54, 1.807) is 19.9 Å². The third kappa shape index (κ3) is 3.56. The van der Waals surface area contributed by atoms with Crippen molar-refractivity contribution in [2.75, 3.05) is 5.32 Å². The van der Waals surface area contributed by atoms with E-state index in [9.17, 15) is 9.59 Å². The van der Waals surface area contributed by atoms with Crippen molar-refractivity contribution in [1.29, 1.82) is 0 Å². The predicted octanol–water partition coefficient (Wildman–Crippen LogP) is 2.37. The highest BCUT2D eigenvalue weighted by Gasteiger charge is 2.17. The SMILES string of the molecule is Cc1cc(C)cc(NC(=O)C(C)n2nc(C)ccc2=O)c1. The number of aryl methyl sites for hydroxylation is 3. The zero-order chi connectivity index (χ0) is 15.6. The first-order valence-electron chi connectivity index (χ1n) is 6.82. The number of anilines is 1. The normalized spacial score (nSPS) is 12.0. The zero-order valence-electron chi connectivity index (χ0n) is 12.7. The molecule has 0 aliphatic rings. The van der Waals surface area contributed by atoms with Gasteiger partial charge < -0.3 is 5.32 Å². The summed E-state index contributed by atoms with van der Waals surface area (Å²) in [6.45, 7) is 7.38. The molecular formula is C16H19N3O2. The fourth-order valence-electron chi connectivity index (χ4n) is 2.20. The quantitative estimate of drug-likeness (QED) is 0.941. The van der Waals surface area contributed by atoms with E-state index in [0.29, 0.717) is 5.69 Å². The predicted molar refractivity (Wildman–Crippen MR) is 82.5 cm³/mol. The van der Waals surface area contributed by atoms with Crippen LogP contribution in [-0.2, 0) is 4.79 Å². The van der Waals surface area contributed by atoms with Crippen LogP contribution in [0.15, 0.2) is 35.1 Å². The molecule has 0 fully saturated rings. The Kier molecular flexibility index (Phi) is 4.21. The van der Waals surface area contributed by atoms with Crippen LogP contribution in [0.25, 0.3) is 0 Å². The molecule has 5 nitrogen and oxygen atoms in total. The number of nitrogens with zero attached hydrogens (tertiary/aromatic N) is 2. The number of nitrogens with one attached hydrogen (secondary N) is 1. The largest absolute Gasteiger partial charge is 0.324 e. The number of benzene rings is 1. The molecule has 1 N–H and O–H groups in total. The number of carbonyl (C=O) groups is 1. The summed E-state index contributed by atoms with van der Waals surface area (Å²) in [6, 6.07) is 8.20. The molecule has 1 unspecified atom stereocenters. The van der Waals surface area contributed by atoms with Crippen LogP contribution in [0.3, 0.4) is 0 Å². The highest BCUT2D eigenvalue weighted by atomic mass is 16.2. The Morgan fingerprint density at radius 2 is 1.76 bits per heavy atom. The average Bonchev–Trinajstić information content (AvgIpc) is 2.39. The van der Waals surface area contributed by atoms with E-state index in [-0.39, 0.29) is 11.5 Å². The first kappa shape index (κ1) is 15.0. The number of hydrogen-bond donors (Lipinski definition) is 1. The molecule has 0 bridgehead atoms. The van der Waals surface area contributed by atoms with E-state index in [2.05, 4.69) is 10.4 Å². The molecule has 0 aliphatic carbocycles. The molecule has 1 amide bonds. The maximum absolute atomic E-state index is 12.3. The molecule has 0 saturated heterocycles. The first-order chi connectivity index (χ1) is 9.86. The molecule has 0 spiro atoms. The van der Waals surface area contributed by atoms with E-state index in [4.69, 9.17) is 0 Å². The standard InChI is InChI=1S/C16H19N3O2/c1-10-7-11(2)9-14(8-10)17-16(21)13(4)19-15(20)6-5-12(3)18-19/h5-9,13H,1-4H3,(H,17,21). The third-order valence-electron chi connectivity index (χ3n) is 3.19. The molecule has 1 aromatic heterocycles. The first-order valence-corrected chi connectivity index (χ1v) is 6.82. The maximum atomic E-state index is 12.3. The van der Waals surface area contributed by atoms with Gasteiger partial charge >= 0.3 is 0 Å². The summed E-state index contributed by atoms with van der Waals surface area (Å²) < 4.78 is 1.20. The van der Waals surface area contributed by atoms with Crippen LogP contribution in [0.2, 0.25) is 0 Å². The van der Waals surface area contributed by atoms with Crippen molar-refractivity contribution < 1.29 is 4.79 Å². The van der Waals surface area contributed by atoms with Crippen molar-refractivity contribution in [3.8, 4) is 0 Å². The fourth-order valence-corrected chi connectivity index (χ4v) is 2.20. The topological polar surface area (TPSA) is 64.0 Å². The highest BCUT2D eigenvalue weighted by Crippen LogP contribution is 2.15. The molecule has 2 aromatic rings. The minimum atomic E-state index is -0.668. The Labute approximate surface area is 123 Å². The smallest absolute Gasteiger partial charge is 0.267 e. The molecule has 110 valence electrons. The van der Waals surface area contributed by atoms with Crippen LogP contribution in [0.4, 0.5) is 5.69 Å². The molecule has 1 atom stereocenters. The average molecular weight is 285 g/mol. The summed E-state index contributed by atoms with van der Waals surface area (Å²) in [4.78, 5) is 24.1. The molecule has 1 heterocycles. The van der Waals surface area contributed by atoms with Gasteiger partial charge in [-0.3, -0.25) is 9.59 Å². The van der Waals surface area contributed by atoms with Crippen molar-refractivity contribution in [2.24, 2.45) is 0 Å². The van der Waals surface area contributed by atoms with Crippen LogP contribution in [0, 0.1) is 20.8 Å². The van der Waals surface area contributed by atoms with Gasteiger partial charge in [-0.1, -0.05) is 6.07 Å². The third-order valence-corrected chi connectivity index (χ3v) is 3.19.